The average molecular weight is 382 g/mol. The predicted molar refractivity (Wildman–Crippen MR) is 105 cm³/mol. The van der Waals surface area contributed by atoms with Crippen molar-refractivity contribution in [1.82, 2.24) is 10.6 Å². The Morgan fingerprint density at radius 3 is 2.29 bits per heavy atom. The molecule has 0 atom stereocenters. The Hall–Kier alpha value is -3.61. The summed E-state index contributed by atoms with van der Waals surface area (Å²) in [6, 6.07) is 15.5. The van der Waals surface area contributed by atoms with Crippen molar-refractivity contribution in [2.24, 2.45) is 0 Å². The monoisotopic (exact) mass is 382 g/mol. The highest BCUT2D eigenvalue weighted by Crippen LogP contribution is 2.12. The smallest absolute Gasteiger partial charge is 0.434 e. The largest absolute Gasteiger partial charge is 0.513 e. The first-order valence-corrected chi connectivity index (χ1v) is 8.82. The molecule has 0 bridgehead atoms. The van der Waals surface area contributed by atoms with Gasteiger partial charge in [-0.25, -0.2) is 4.79 Å². The maximum Gasteiger partial charge on any atom is 0.513 e. The molecule has 2 rings (SSSR count). The molecule has 0 aliphatic rings. The molecule has 146 valence electrons. The van der Waals surface area contributed by atoms with Gasteiger partial charge in [0.05, 0.1) is 6.61 Å². The van der Waals surface area contributed by atoms with Crippen molar-refractivity contribution in [3.63, 3.8) is 0 Å². The van der Waals surface area contributed by atoms with E-state index in [9.17, 15) is 14.4 Å². The topological polar surface area (TPSA) is 93.7 Å². The molecule has 0 radical (unpaired) electrons. The summed E-state index contributed by atoms with van der Waals surface area (Å²) in [5.41, 5.74) is 1.34. The van der Waals surface area contributed by atoms with Crippen LogP contribution in [0.15, 0.2) is 60.7 Å². The Kier molecular flexibility index (Phi) is 8.26. The molecule has 0 unspecified atom stereocenters. The van der Waals surface area contributed by atoms with Gasteiger partial charge < -0.3 is 20.1 Å². The number of carbonyl (C=O) groups is 3. The SMILES string of the molecule is CCOC(=O)Oc1ccc(C(=O)NCCNC(=O)/C=C/c2ccccc2)cc1. The van der Waals surface area contributed by atoms with Crippen molar-refractivity contribution in [2.45, 2.75) is 6.92 Å². The van der Waals surface area contributed by atoms with Crippen molar-refractivity contribution < 1.29 is 23.9 Å². The van der Waals surface area contributed by atoms with E-state index >= 15 is 0 Å². The second kappa shape index (κ2) is 11.2. The molecule has 0 saturated carbocycles. The van der Waals surface area contributed by atoms with Crippen molar-refractivity contribution >= 4 is 24.0 Å². The van der Waals surface area contributed by atoms with E-state index in [1.807, 2.05) is 30.3 Å². The molecule has 28 heavy (non-hydrogen) atoms. The van der Waals surface area contributed by atoms with Crippen LogP contribution in [0.1, 0.15) is 22.8 Å². The fourth-order valence-corrected chi connectivity index (χ4v) is 2.18. The van der Waals surface area contributed by atoms with Crippen molar-refractivity contribution in [1.29, 1.82) is 0 Å². The number of ether oxygens (including phenoxy) is 2. The first kappa shape index (κ1) is 20.7. The van der Waals surface area contributed by atoms with Crippen LogP contribution in [0.2, 0.25) is 0 Å². The number of rotatable bonds is 8. The van der Waals surface area contributed by atoms with Gasteiger partial charge in [-0.05, 0) is 42.8 Å². The van der Waals surface area contributed by atoms with Gasteiger partial charge in [0.2, 0.25) is 5.91 Å². The van der Waals surface area contributed by atoms with Crippen LogP contribution in [-0.2, 0) is 9.53 Å². The number of benzene rings is 2. The zero-order valence-corrected chi connectivity index (χ0v) is 15.5. The van der Waals surface area contributed by atoms with Gasteiger partial charge in [-0.2, -0.15) is 0 Å². The third kappa shape index (κ3) is 7.33. The Bertz CT molecular complexity index is 816. The van der Waals surface area contributed by atoms with Gasteiger partial charge in [0, 0.05) is 24.7 Å². The highest BCUT2D eigenvalue weighted by atomic mass is 16.7. The van der Waals surface area contributed by atoms with E-state index in [0.717, 1.165) is 5.56 Å². The summed E-state index contributed by atoms with van der Waals surface area (Å²) in [6.07, 6.45) is 2.37. The Morgan fingerprint density at radius 2 is 1.61 bits per heavy atom. The molecule has 2 N–H and O–H groups in total. The zero-order valence-electron chi connectivity index (χ0n) is 15.5. The molecule has 0 heterocycles. The Balaban J connectivity index is 1.70. The maximum atomic E-state index is 12.1. The fourth-order valence-electron chi connectivity index (χ4n) is 2.18. The van der Waals surface area contributed by atoms with E-state index < -0.39 is 6.16 Å². The van der Waals surface area contributed by atoms with Crippen molar-refractivity contribution in [3.8, 4) is 5.75 Å². The van der Waals surface area contributed by atoms with Crippen molar-refractivity contribution in [2.75, 3.05) is 19.7 Å². The molecular formula is C21H22N2O5. The summed E-state index contributed by atoms with van der Waals surface area (Å²) in [4.78, 5) is 35.0. The quantitative estimate of drug-likeness (QED) is 0.317. The number of carbonyl (C=O) groups excluding carboxylic acids is 3. The van der Waals surface area contributed by atoms with Crippen LogP contribution >= 0.6 is 0 Å². The molecule has 0 aliphatic carbocycles. The van der Waals surface area contributed by atoms with Gasteiger partial charge in [0.1, 0.15) is 5.75 Å². The molecule has 7 heteroatoms. The summed E-state index contributed by atoms with van der Waals surface area (Å²) in [6.45, 7) is 2.48. The summed E-state index contributed by atoms with van der Waals surface area (Å²) >= 11 is 0. The first-order chi connectivity index (χ1) is 13.6. The average Bonchev–Trinajstić information content (AvgIpc) is 2.71. The maximum absolute atomic E-state index is 12.1. The van der Waals surface area contributed by atoms with E-state index in [1.165, 1.54) is 30.3 Å². The van der Waals surface area contributed by atoms with Gasteiger partial charge in [0.25, 0.3) is 5.91 Å². The van der Waals surface area contributed by atoms with Gasteiger partial charge >= 0.3 is 6.16 Å². The molecule has 2 amide bonds. The van der Waals surface area contributed by atoms with Crippen LogP contribution < -0.4 is 15.4 Å². The van der Waals surface area contributed by atoms with Gasteiger partial charge in [-0.3, -0.25) is 9.59 Å². The first-order valence-electron chi connectivity index (χ1n) is 8.82. The Labute approximate surface area is 163 Å². The third-order valence-corrected chi connectivity index (χ3v) is 3.52. The highest BCUT2D eigenvalue weighted by Gasteiger charge is 2.08. The van der Waals surface area contributed by atoms with Gasteiger partial charge in [-0.15, -0.1) is 0 Å². The molecule has 2 aromatic carbocycles. The number of nitrogens with one attached hydrogen (secondary N) is 2. The second-order valence-corrected chi connectivity index (χ2v) is 5.60. The van der Waals surface area contributed by atoms with Crippen LogP contribution in [0.5, 0.6) is 5.75 Å². The summed E-state index contributed by atoms with van der Waals surface area (Å²) < 4.78 is 9.59. The molecule has 2 aromatic rings. The molecule has 0 fully saturated rings. The lowest BCUT2D eigenvalue weighted by molar-refractivity contribution is -0.116. The van der Waals surface area contributed by atoms with E-state index in [0.29, 0.717) is 12.1 Å². The predicted octanol–water partition coefficient (Wildman–Crippen LogP) is 2.78. The van der Waals surface area contributed by atoms with Gasteiger partial charge in [0.15, 0.2) is 0 Å². The molecule has 0 aromatic heterocycles. The van der Waals surface area contributed by atoms with E-state index in [1.54, 1.807) is 13.0 Å². The van der Waals surface area contributed by atoms with E-state index in [-0.39, 0.29) is 30.7 Å². The molecule has 7 nitrogen and oxygen atoms in total. The Morgan fingerprint density at radius 1 is 0.929 bits per heavy atom. The van der Waals surface area contributed by atoms with Crippen LogP contribution in [0.4, 0.5) is 4.79 Å². The molecule has 0 saturated heterocycles. The van der Waals surface area contributed by atoms with Crippen LogP contribution in [-0.4, -0.2) is 37.7 Å². The van der Waals surface area contributed by atoms with Crippen LogP contribution in [0.25, 0.3) is 6.08 Å². The molecule has 0 spiro atoms. The number of hydrogen-bond donors (Lipinski definition) is 2. The fraction of sp³-hybridized carbons (Fsp3) is 0.190. The lowest BCUT2D eigenvalue weighted by Gasteiger charge is -2.07. The summed E-state index contributed by atoms with van der Waals surface area (Å²) in [5.74, 6) is -0.247. The minimum Gasteiger partial charge on any atom is -0.434 e. The standard InChI is InChI=1S/C21H22N2O5/c1-2-27-21(26)28-18-11-9-17(10-12-18)20(25)23-15-14-22-19(24)13-8-16-6-4-3-5-7-16/h3-13H,2,14-15H2,1H3,(H,22,24)(H,23,25)/b13-8+. The van der Waals surface area contributed by atoms with E-state index in [2.05, 4.69) is 15.4 Å². The zero-order chi connectivity index (χ0) is 20.2. The van der Waals surface area contributed by atoms with E-state index in [4.69, 9.17) is 4.74 Å². The molecule has 0 aliphatic heterocycles. The minimum atomic E-state index is -0.795. The van der Waals surface area contributed by atoms with Crippen molar-refractivity contribution in [3.05, 3.63) is 71.8 Å². The molecular weight excluding hydrogens is 360 g/mol. The lowest BCUT2D eigenvalue weighted by Crippen LogP contribution is -2.33. The minimum absolute atomic E-state index is 0.220. The number of hydrogen-bond acceptors (Lipinski definition) is 5. The van der Waals surface area contributed by atoms with Gasteiger partial charge in [-0.1, -0.05) is 30.3 Å². The highest BCUT2D eigenvalue weighted by molar-refractivity contribution is 5.94. The lowest BCUT2D eigenvalue weighted by atomic mass is 10.2. The normalized spacial score (nSPS) is 10.3. The summed E-state index contributed by atoms with van der Waals surface area (Å²) in [5, 5.41) is 5.39. The summed E-state index contributed by atoms with van der Waals surface area (Å²) in [7, 11) is 0. The third-order valence-electron chi connectivity index (χ3n) is 3.52. The number of amides is 2. The van der Waals surface area contributed by atoms with Crippen LogP contribution in [0.3, 0.4) is 0 Å². The second-order valence-electron chi connectivity index (χ2n) is 5.60. The van der Waals surface area contributed by atoms with Crippen LogP contribution in [0, 0.1) is 0 Å².